The Bertz CT molecular complexity index is 620. The molecular weight excluding hydrogens is 339 g/mol. The van der Waals surface area contributed by atoms with Gasteiger partial charge in [0.25, 0.3) is 0 Å². The normalized spacial score (nSPS) is 12.9. The third kappa shape index (κ3) is 2.03. The number of hydrogen-bond donors (Lipinski definition) is 0. The molecule has 0 saturated carbocycles. The molecule has 0 atom stereocenters. The third-order valence-electron chi connectivity index (χ3n) is 3.07. The van der Waals surface area contributed by atoms with Crippen LogP contribution in [0.15, 0.2) is 42.5 Å². The fourth-order valence-electron chi connectivity index (χ4n) is 2.13. The number of halogens is 1. The number of ketones is 1. The van der Waals surface area contributed by atoms with Gasteiger partial charge >= 0.3 is 0 Å². The number of rotatable bonds is 2. The SMILES string of the molecule is O=C(c1ccc2c(c1)CCO2)c1ccccc1I. The van der Waals surface area contributed by atoms with Crippen LogP contribution in [-0.2, 0) is 6.42 Å². The highest BCUT2D eigenvalue weighted by molar-refractivity contribution is 14.1. The van der Waals surface area contributed by atoms with Crippen LogP contribution in [0.3, 0.4) is 0 Å². The Morgan fingerprint density at radius 1 is 1.17 bits per heavy atom. The minimum atomic E-state index is 0.0784. The highest BCUT2D eigenvalue weighted by atomic mass is 127. The smallest absolute Gasteiger partial charge is 0.194 e. The molecule has 1 heterocycles. The van der Waals surface area contributed by atoms with Gasteiger partial charge in [-0.25, -0.2) is 0 Å². The Kier molecular flexibility index (Phi) is 3.07. The van der Waals surface area contributed by atoms with E-state index in [-0.39, 0.29) is 5.78 Å². The Balaban J connectivity index is 2.01. The van der Waals surface area contributed by atoms with Gasteiger partial charge in [0.15, 0.2) is 5.78 Å². The predicted octanol–water partition coefficient (Wildman–Crippen LogP) is 3.46. The predicted molar refractivity (Wildman–Crippen MR) is 78.2 cm³/mol. The standard InChI is InChI=1S/C15H11IO2/c16-13-4-2-1-3-12(13)15(17)11-5-6-14-10(9-11)7-8-18-14/h1-6,9H,7-8H2. The number of carbonyl (C=O) groups excluding carboxylic acids is 1. The van der Waals surface area contributed by atoms with E-state index in [1.54, 1.807) is 0 Å². The van der Waals surface area contributed by atoms with E-state index in [0.29, 0.717) is 0 Å². The van der Waals surface area contributed by atoms with Crippen molar-refractivity contribution in [1.29, 1.82) is 0 Å². The zero-order chi connectivity index (χ0) is 12.5. The van der Waals surface area contributed by atoms with Gasteiger partial charge in [0.2, 0.25) is 0 Å². The molecule has 2 aromatic carbocycles. The minimum absolute atomic E-state index is 0.0784. The van der Waals surface area contributed by atoms with Gasteiger partial charge in [0.1, 0.15) is 5.75 Å². The van der Waals surface area contributed by atoms with Gasteiger partial charge in [-0.15, -0.1) is 0 Å². The summed E-state index contributed by atoms with van der Waals surface area (Å²) < 4.78 is 6.43. The summed E-state index contributed by atoms with van der Waals surface area (Å²) in [6.45, 7) is 0.718. The van der Waals surface area contributed by atoms with Gasteiger partial charge in [-0.3, -0.25) is 4.79 Å². The van der Waals surface area contributed by atoms with Gasteiger partial charge in [-0.05, 0) is 58.5 Å². The molecule has 18 heavy (non-hydrogen) atoms. The highest BCUT2D eigenvalue weighted by Gasteiger charge is 2.17. The van der Waals surface area contributed by atoms with Crippen LogP contribution in [0.2, 0.25) is 0 Å². The molecule has 3 heteroatoms. The summed E-state index contributed by atoms with van der Waals surface area (Å²) in [4.78, 5) is 12.4. The average molecular weight is 350 g/mol. The van der Waals surface area contributed by atoms with Crippen molar-refractivity contribution in [3.05, 3.63) is 62.7 Å². The van der Waals surface area contributed by atoms with E-state index < -0.39 is 0 Å². The maximum Gasteiger partial charge on any atom is 0.194 e. The first kappa shape index (κ1) is 11.7. The minimum Gasteiger partial charge on any atom is -0.493 e. The number of hydrogen-bond acceptors (Lipinski definition) is 2. The fourth-order valence-corrected chi connectivity index (χ4v) is 2.76. The topological polar surface area (TPSA) is 26.3 Å². The molecule has 0 unspecified atom stereocenters. The molecular formula is C15H11IO2. The highest BCUT2D eigenvalue weighted by Crippen LogP contribution is 2.27. The van der Waals surface area contributed by atoms with E-state index in [1.165, 1.54) is 0 Å². The molecule has 0 radical (unpaired) electrons. The van der Waals surface area contributed by atoms with Crippen molar-refractivity contribution in [2.75, 3.05) is 6.61 Å². The van der Waals surface area contributed by atoms with Gasteiger partial charge < -0.3 is 4.74 Å². The molecule has 3 rings (SSSR count). The summed E-state index contributed by atoms with van der Waals surface area (Å²) >= 11 is 2.19. The maximum absolute atomic E-state index is 12.4. The molecule has 0 saturated heterocycles. The molecule has 0 amide bonds. The van der Waals surface area contributed by atoms with Crippen molar-refractivity contribution in [2.45, 2.75) is 6.42 Å². The zero-order valence-electron chi connectivity index (χ0n) is 9.65. The molecule has 2 aromatic rings. The first-order valence-electron chi connectivity index (χ1n) is 5.80. The number of fused-ring (bicyclic) bond motifs is 1. The molecule has 0 aromatic heterocycles. The molecule has 1 aliphatic rings. The quantitative estimate of drug-likeness (QED) is 0.613. The lowest BCUT2D eigenvalue weighted by atomic mass is 10.0. The Labute approximate surface area is 119 Å². The summed E-state index contributed by atoms with van der Waals surface area (Å²) in [5.41, 5.74) is 2.63. The van der Waals surface area contributed by atoms with Crippen molar-refractivity contribution in [2.24, 2.45) is 0 Å². The van der Waals surface area contributed by atoms with Crippen molar-refractivity contribution in [3.63, 3.8) is 0 Å². The lowest BCUT2D eigenvalue weighted by Crippen LogP contribution is -2.03. The molecule has 0 N–H and O–H groups in total. The summed E-state index contributed by atoms with van der Waals surface area (Å²) in [7, 11) is 0. The van der Waals surface area contributed by atoms with Crippen molar-refractivity contribution in [3.8, 4) is 5.75 Å². The van der Waals surface area contributed by atoms with E-state index in [4.69, 9.17) is 4.74 Å². The van der Waals surface area contributed by atoms with Crippen LogP contribution in [0.25, 0.3) is 0 Å². The third-order valence-corrected chi connectivity index (χ3v) is 4.01. The number of ether oxygens (including phenoxy) is 1. The lowest BCUT2D eigenvalue weighted by Gasteiger charge is -2.05. The van der Waals surface area contributed by atoms with Crippen LogP contribution in [0, 0.1) is 3.57 Å². The van der Waals surface area contributed by atoms with Crippen LogP contribution in [-0.4, -0.2) is 12.4 Å². The van der Waals surface area contributed by atoms with Crippen molar-refractivity contribution >= 4 is 28.4 Å². The summed E-state index contributed by atoms with van der Waals surface area (Å²) in [6, 6.07) is 13.3. The van der Waals surface area contributed by atoms with Crippen LogP contribution >= 0.6 is 22.6 Å². The molecule has 0 aliphatic carbocycles. The number of benzene rings is 2. The van der Waals surface area contributed by atoms with Gasteiger partial charge in [-0.2, -0.15) is 0 Å². The first-order valence-corrected chi connectivity index (χ1v) is 6.88. The van der Waals surface area contributed by atoms with Crippen LogP contribution in [0.5, 0.6) is 5.75 Å². The van der Waals surface area contributed by atoms with Gasteiger partial charge in [0, 0.05) is 21.1 Å². The van der Waals surface area contributed by atoms with Crippen LogP contribution in [0.4, 0.5) is 0 Å². The average Bonchev–Trinajstić information content (AvgIpc) is 2.85. The Morgan fingerprint density at radius 3 is 2.83 bits per heavy atom. The fraction of sp³-hybridized carbons (Fsp3) is 0.133. The number of carbonyl (C=O) groups is 1. The van der Waals surface area contributed by atoms with E-state index in [9.17, 15) is 4.79 Å². The maximum atomic E-state index is 12.4. The monoisotopic (exact) mass is 350 g/mol. The molecule has 0 fully saturated rings. The van der Waals surface area contributed by atoms with E-state index in [1.807, 2.05) is 42.5 Å². The van der Waals surface area contributed by atoms with E-state index >= 15 is 0 Å². The summed E-state index contributed by atoms with van der Waals surface area (Å²) in [5, 5.41) is 0. The van der Waals surface area contributed by atoms with E-state index in [0.717, 1.165) is 39.0 Å². The second kappa shape index (κ2) is 4.72. The van der Waals surface area contributed by atoms with Crippen molar-refractivity contribution in [1.82, 2.24) is 0 Å². The molecule has 0 bridgehead atoms. The summed E-state index contributed by atoms with van der Waals surface area (Å²) in [5.74, 6) is 0.990. The van der Waals surface area contributed by atoms with Gasteiger partial charge in [-0.1, -0.05) is 12.1 Å². The van der Waals surface area contributed by atoms with Crippen LogP contribution < -0.4 is 4.74 Å². The van der Waals surface area contributed by atoms with Crippen LogP contribution in [0.1, 0.15) is 21.5 Å². The second-order valence-corrected chi connectivity index (χ2v) is 5.39. The summed E-state index contributed by atoms with van der Waals surface area (Å²) in [6.07, 6.45) is 0.891. The molecule has 1 aliphatic heterocycles. The van der Waals surface area contributed by atoms with Crippen molar-refractivity contribution < 1.29 is 9.53 Å². The molecule has 90 valence electrons. The second-order valence-electron chi connectivity index (χ2n) is 4.23. The van der Waals surface area contributed by atoms with E-state index in [2.05, 4.69) is 22.6 Å². The molecule has 2 nitrogen and oxygen atoms in total. The first-order chi connectivity index (χ1) is 8.75. The van der Waals surface area contributed by atoms with Gasteiger partial charge in [0.05, 0.1) is 6.61 Å². The zero-order valence-corrected chi connectivity index (χ0v) is 11.8. The Morgan fingerprint density at radius 2 is 2.00 bits per heavy atom. The Hall–Kier alpha value is -1.36. The molecule has 0 spiro atoms. The largest absolute Gasteiger partial charge is 0.493 e. The lowest BCUT2D eigenvalue weighted by molar-refractivity contribution is 0.103.